The lowest BCUT2D eigenvalue weighted by atomic mass is 10.1. The molecule has 5 nitrogen and oxygen atoms in total. The molecule has 0 saturated heterocycles. The first-order chi connectivity index (χ1) is 13.5. The highest BCUT2D eigenvalue weighted by Gasteiger charge is 2.09. The number of hydrogen-bond acceptors (Lipinski definition) is 6. The number of thioether (sulfide) groups is 1. The van der Waals surface area contributed by atoms with E-state index in [1.165, 1.54) is 28.7 Å². The molecule has 2 aromatic carbocycles. The van der Waals surface area contributed by atoms with Crippen LogP contribution in [0.5, 0.6) is 0 Å². The van der Waals surface area contributed by atoms with Crippen LogP contribution < -0.4 is 10.6 Å². The predicted molar refractivity (Wildman–Crippen MR) is 118 cm³/mol. The van der Waals surface area contributed by atoms with E-state index in [0.29, 0.717) is 28.1 Å². The van der Waals surface area contributed by atoms with Crippen molar-refractivity contribution in [1.29, 1.82) is 0 Å². The van der Waals surface area contributed by atoms with Gasteiger partial charge in [-0.25, -0.2) is 0 Å². The lowest BCUT2D eigenvalue weighted by Crippen LogP contribution is -2.27. The van der Waals surface area contributed by atoms with Gasteiger partial charge in [0.15, 0.2) is 4.34 Å². The SMILES string of the molecule is Cc1cccc(Nc2nnc(SCC(=O)NCCc3ccc(Cl)cc3Cl)s2)c1. The quantitative estimate of drug-likeness (QED) is 0.450. The molecule has 146 valence electrons. The Bertz CT molecular complexity index is 965. The first-order valence-corrected chi connectivity index (χ1v) is 11.1. The maximum Gasteiger partial charge on any atom is 0.230 e. The van der Waals surface area contributed by atoms with Gasteiger partial charge in [-0.1, -0.05) is 64.5 Å². The minimum Gasteiger partial charge on any atom is -0.355 e. The van der Waals surface area contributed by atoms with Gasteiger partial charge >= 0.3 is 0 Å². The van der Waals surface area contributed by atoms with Crippen LogP contribution in [0.3, 0.4) is 0 Å². The third-order valence-corrected chi connectivity index (χ3v) is 6.29. The molecular formula is C19H18Cl2N4OS2. The molecule has 1 amide bonds. The second kappa shape index (κ2) is 10.1. The Kier molecular flexibility index (Phi) is 7.56. The number of hydrogen-bond donors (Lipinski definition) is 2. The highest BCUT2D eigenvalue weighted by atomic mass is 35.5. The van der Waals surface area contributed by atoms with E-state index in [-0.39, 0.29) is 11.7 Å². The molecule has 0 radical (unpaired) electrons. The molecule has 2 N–H and O–H groups in total. The summed E-state index contributed by atoms with van der Waals surface area (Å²) in [7, 11) is 0. The first kappa shape index (κ1) is 20.9. The van der Waals surface area contributed by atoms with E-state index in [0.717, 1.165) is 15.6 Å². The molecular weight excluding hydrogens is 435 g/mol. The Labute approximate surface area is 181 Å². The molecule has 0 aliphatic rings. The normalized spacial score (nSPS) is 10.7. The van der Waals surface area contributed by atoms with Gasteiger partial charge in [0.1, 0.15) is 0 Å². The average Bonchev–Trinajstić information content (AvgIpc) is 3.09. The van der Waals surface area contributed by atoms with Crippen molar-refractivity contribution < 1.29 is 4.79 Å². The van der Waals surface area contributed by atoms with E-state index in [1.807, 2.05) is 37.3 Å². The Morgan fingerprint density at radius 2 is 2.04 bits per heavy atom. The second-order valence-corrected chi connectivity index (χ2v) is 9.04. The summed E-state index contributed by atoms with van der Waals surface area (Å²) in [6.07, 6.45) is 0.649. The van der Waals surface area contributed by atoms with Crippen LogP contribution in [0.2, 0.25) is 10.0 Å². The van der Waals surface area contributed by atoms with Crippen LogP contribution in [0.1, 0.15) is 11.1 Å². The zero-order chi connectivity index (χ0) is 19.9. The van der Waals surface area contributed by atoms with Crippen molar-refractivity contribution in [2.75, 3.05) is 17.6 Å². The summed E-state index contributed by atoms with van der Waals surface area (Å²) in [5.41, 5.74) is 3.09. The molecule has 28 heavy (non-hydrogen) atoms. The molecule has 0 atom stereocenters. The number of aryl methyl sites for hydroxylation is 1. The molecule has 0 bridgehead atoms. The van der Waals surface area contributed by atoms with Crippen LogP contribution in [0.15, 0.2) is 46.8 Å². The third kappa shape index (κ3) is 6.38. The monoisotopic (exact) mass is 452 g/mol. The van der Waals surface area contributed by atoms with Crippen LogP contribution in [0.4, 0.5) is 10.8 Å². The summed E-state index contributed by atoms with van der Waals surface area (Å²) in [6.45, 7) is 2.54. The molecule has 0 aliphatic carbocycles. The summed E-state index contributed by atoms with van der Waals surface area (Å²) in [6, 6.07) is 13.4. The van der Waals surface area contributed by atoms with E-state index < -0.39 is 0 Å². The smallest absolute Gasteiger partial charge is 0.230 e. The Balaban J connectivity index is 1.41. The lowest BCUT2D eigenvalue weighted by Gasteiger charge is -2.06. The Hall–Kier alpha value is -1.80. The summed E-state index contributed by atoms with van der Waals surface area (Å²) < 4.78 is 0.742. The number of carbonyl (C=O) groups excluding carboxylic acids is 1. The molecule has 9 heteroatoms. The van der Waals surface area contributed by atoms with Gasteiger partial charge < -0.3 is 10.6 Å². The number of carbonyl (C=O) groups is 1. The van der Waals surface area contributed by atoms with Gasteiger partial charge in [-0.3, -0.25) is 4.79 Å². The molecule has 3 rings (SSSR count). The first-order valence-electron chi connectivity index (χ1n) is 8.50. The topological polar surface area (TPSA) is 66.9 Å². The minimum atomic E-state index is -0.0570. The van der Waals surface area contributed by atoms with E-state index in [2.05, 4.69) is 20.8 Å². The van der Waals surface area contributed by atoms with Gasteiger partial charge in [-0.05, 0) is 48.7 Å². The van der Waals surface area contributed by atoms with Crippen molar-refractivity contribution in [3.05, 3.63) is 63.6 Å². The van der Waals surface area contributed by atoms with Crippen LogP contribution >= 0.6 is 46.3 Å². The predicted octanol–water partition coefficient (Wildman–Crippen LogP) is 5.35. The van der Waals surface area contributed by atoms with Gasteiger partial charge in [0.05, 0.1) is 5.75 Å². The molecule has 1 heterocycles. The van der Waals surface area contributed by atoms with E-state index in [1.54, 1.807) is 12.1 Å². The van der Waals surface area contributed by atoms with Gasteiger partial charge in [0.25, 0.3) is 0 Å². The fourth-order valence-corrected chi connectivity index (χ4v) is 4.51. The Morgan fingerprint density at radius 1 is 1.18 bits per heavy atom. The number of halogens is 2. The van der Waals surface area contributed by atoms with Gasteiger partial charge in [-0.15, -0.1) is 10.2 Å². The molecule has 3 aromatic rings. The maximum absolute atomic E-state index is 12.0. The zero-order valence-corrected chi connectivity index (χ0v) is 18.2. The van der Waals surface area contributed by atoms with Gasteiger partial charge in [0, 0.05) is 22.3 Å². The number of anilines is 2. The molecule has 0 fully saturated rings. The summed E-state index contributed by atoms with van der Waals surface area (Å²) >= 11 is 14.8. The molecule has 0 spiro atoms. The molecule has 0 aliphatic heterocycles. The van der Waals surface area contributed by atoms with Crippen molar-refractivity contribution in [3.8, 4) is 0 Å². The van der Waals surface area contributed by atoms with Crippen molar-refractivity contribution in [2.45, 2.75) is 17.7 Å². The number of nitrogens with zero attached hydrogens (tertiary/aromatic N) is 2. The largest absolute Gasteiger partial charge is 0.355 e. The fraction of sp³-hybridized carbons (Fsp3) is 0.211. The van der Waals surface area contributed by atoms with Crippen molar-refractivity contribution in [1.82, 2.24) is 15.5 Å². The average molecular weight is 453 g/mol. The van der Waals surface area contributed by atoms with Gasteiger partial charge in [-0.2, -0.15) is 0 Å². The van der Waals surface area contributed by atoms with Crippen molar-refractivity contribution >= 4 is 63.0 Å². The maximum atomic E-state index is 12.0. The number of aromatic nitrogens is 2. The number of amides is 1. The number of nitrogens with one attached hydrogen (secondary N) is 2. The zero-order valence-electron chi connectivity index (χ0n) is 15.0. The van der Waals surface area contributed by atoms with Crippen LogP contribution in [0.25, 0.3) is 0 Å². The third-order valence-electron chi connectivity index (χ3n) is 3.73. The number of benzene rings is 2. The second-order valence-electron chi connectivity index (χ2n) is 5.99. The lowest BCUT2D eigenvalue weighted by molar-refractivity contribution is -0.118. The summed E-state index contributed by atoms with van der Waals surface area (Å²) in [5.74, 6) is 0.228. The van der Waals surface area contributed by atoms with Gasteiger partial charge in [0.2, 0.25) is 11.0 Å². The molecule has 0 saturated carbocycles. The summed E-state index contributed by atoms with van der Waals surface area (Å²) in [4.78, 5) is 12.0. The highest BCUT2D eigenvalue weighted by molar-refractivity contribution is 8.01. The van der Waals surface area contributed by atoms with Crippen LogP contribution in [0, 0.1) is 6.92 Å². The van der Waals surface area contributed by atoms with Crippen molar-refractivity contribution in [3.63, 3.8) is 0 Å². The van der Waals surface area contributed by atoms with E-state index in [9.17, 15) is 4.79 Å². The fourth-order valence-electron chi connectivity index (χ4n) is 2.40. The minimum absolute atomic E-state index is 0.0570. The number of rotatable bonds is 8. The standard InChI is InChI=1S/C19H18Cl2N4OS2/c1-12-3-2-4-15(9-12)23-18-24-25-19(28-18)27-11-17(26)22-8-7-13-5-6-14(20)10-16(13)21/h2-6,9-10H,7-8,11H2,1H3,(H,22,26)(H,23,24). The van der Waals surface area contributed by atoms with Crippen LogP contribution in [-0.4, -0.2) is 28.4 Å². The van der Waals surface area contributed by atoms with Crippen LogP contribution in [-0.2, 0) is 11.2 Å². The molecule has 0 unspecified atom stereocenters. The summed E-state index contributed by atoms with van der Waals surface area (Å²) in [5, 5.41) is 16.2. The Morgan fingerprint density at radius 3 is 2.82 bits per heavy atom. The molecule has 1 aromatic heterocycles. The highest BCUT2D eigenvalue weighted by Crippen LogP contribution is 2.27. The van der Waals surface area contributed by atoms with E-state index >= 15 is 0 Å². The van der Waals surface area contributed by atoms with Crippen molar-refractivity contribution in [2.24, 2.45) is 0 Å². The van der Waals surface area contributed by atoms with E-state index in [4.69, 9.17) is 23.2 Å².